The van der Waals surface area contributed by atoms with E-state index in [4.69, 9.17) is 18.0 Å². The van der Waals surface area contributed by atoms with Gasteiger partial charge < -0.3 is 23.1 Å². The molecule has 3 aromatic carbocycles. The largest absolute Gasteiger partial charge is 0.417 e. The summed E-state index contributed by atoms with van der Waals surface area (Å²) < 4.78 is 28.4. The van der Waals surface area contributed by atoms with E-state index in [1.54, 1.807) is 0 Å². The van der Waals surface area contributed by atoms with Crippen molar-refractivity contribution in [1.82, 2.24) is 0 Å². The zero-order chi connectivity index (χ0) is 48.4. The predicted molar refractivity (Wildman–Crippen MR) is 283 cm³/mol. The molecule has 0 amide bonds. The third-order valence-corrected chi connectivity index (χ3v) is 28.5. The van der Waals surface area contributed by atoms with Crippen LogP contribution in [0.25, 0.3) is 0 Å². The molecular weight excluding hydrogens is 837 g/mol. The van der Waals surface area contributed by atoms with Gasteiger partial charge in [0.1, 0.15) is 5.60 Å². The van der Waals surface area contributed by atoms with Crippen molar-refractivity contribution in [3.8, 4) is 0 Å². The summed E-state index contributed by atoms with van der Waals surface area (Å²) in [4.78, 5) is 0. The molecule has 0 heterocycles. The van der Waals surface area contributed by atoms with Crippen LogP contribution in [0.15, 0.2) is 115 Å². The molecule has 0 aliphatic heterocycles. The third kappa shape index (κ3) is 15.3. The van der Waals surface area contributed by atoms with Gasteiger partial charge in [-0.2, -0.15) is 0 Å². The van der Waals surface area contributed by atoms with Gasteiger partial charge in [0.15, 0.2) is 25.0 Å². The van der Waals surface area contributed by atoms with Gasteiger partial charge in [0.2, 0.25) is 0 Å². The summed E-state index contributed by atoms with van der Waals surface area (Å²) in [6.45, 7) is 44.8. The topological polar surface area (TPSA) is 57.2 Å². The molecule has 8 heteroatoms. The molecule has 0 saturated heterocycles. The number of aliphatic hydroxyl groups excluding tert-OH is 1. The zero-order valence-electron chi connectivity index (χ0n) is 43.9. The summed E-state index contributed by atoms with van der Waals surface area (Å²) in [7, 11) is -6.24. The van der Waals surface area contributed by atoms with Crippen LogP contribution in [0.3, 0.4) is 0 Å². The molecule has 5 nitrogen and oxygen atoms in total. The molecule has 358 valence electrons. The van der Waals surface area contributed by atoms with Gasteiger partial charge in [-0.1, -0.05) is 205 Å². The lowest BCUT2D eigenvalue weighted by Crippen LogP contribution is -2.48. The Bertz CT molecular complexity index is 1760. The van der Waals surface area contributed by atoms with E-state index in [-0.39, 0.29) is 45.1 Å². The quantitative estimate of drug-likeness (QED) is 0.0583. The van der Waals surface area contributed by atoms with Crippen molar-refractivity contribution in [2.75, 3.05) is 13.2 Å². The van der Waals surface area contributed by atoms with Crippen LogP contribution in [0, 0.1) is 23.7 Å². The lowest BCUT2D eigenvalue weighted by Gasteiger charge is -2.43. The minimum atomic E-state index is -2.21. The van der Waals surface area contributed by atoms with Gasteiger partial charge in [0.25, 0.3) is 0 Å². The Labute approximate surface area is 396 Å². The van der Waals surface area contributed by atoms with Crippen molar-refractivity contribution in [3.05, 3.63) is 132 Å². The predicted octanol–water partition coefficient (Wildman–Crippen LogP) is 15.6. The smallest absolute Gasteiger partial charge is 0.192 e. The van der Waals surface area contributed by atoms with Gasteiger partial charge in [-0.3, -0.25) is 0 Å². The molecule has 3 rings (SSSR count). The Balaban J connectivity index is 1.95. The van der Waals surface area contributed by atoms with E-state index in [1.807, 2.05) is 0 Å². The second kappa shape index (κ2) is 23.1. The van der Waals surface area contributed by atoms with Crippen LogP contribution < -0.4 is 0 Å². The molecule has 1 N–H and O–H groups in total. The summed E-state index contributed by atoms with van der Waals surface area (Å²) >= 11 is 0. The molecule has 0 aliphatic carbocycles. The van der Waals surface area contributed by atoms with Crippen LogP contribution in [0.2, 0.25) is 54.4 Å². The van der Waals surface area contributed by atoms with E-state index >= 15 is 0 Å². The normalized spacial score (nSPS) is 17.3. The fourth-order valence-corrected chi connectivity index (χ4v) is 11.4. The van der Waals surface area contributed by atoms with Crippen LogP contribution in [0.1, 0.15) is 120 Å². The zero-order valence-corrected chi connectivity index (χ0v) is 46.9. The molecule has 0 radical (unpaired) electrons. The first-order valence-corrected chi connectivity index (χ1v) is 33.0. The first-order chi connectivity index (χ1) is 29.4. The Morgan fingerprint density at radius 1 is 0.531 bits per heavy atom. The van der Waals surface area contributed by atoms with Gasteiger partial charge in [-0.15, -0.1) is 0 Å². The molecule has 0 spiro atoms. The van der Waals surface area contributed by atoms with Crippen molar-refractivity contribution in [2.24, 2.45) is 23.7 Å². The Kier molecular flexibility index (Phi) is 20.1. The highest BCUT2D eigenvalue weighted by molar-refractivity contribution is 6.75. The van der Waals surface area contributed by atoms with Crippen LogP contribution in [-0.2, 0) is 23.6 Å². The molecule has 0 unspecified atom stereocenters. The maximum atomic E-state index is 11.7. The van der Waals surface area contributed by atoms with Crippen molar-refractivity contribution in [1.29, 1.82) is 0 Å². The van der Waals surface area contributed by atoms with E-state index < -0.39 is 36.7 Å². The molecule has 0 aliphatic rings. The van der Waals surface area contributed by atoms with Gasteiger partial charge in [0, 0.05) is 18.9 Å². The van der Waals surface area contributed by atoms with Gasteiger partial charge in [-0.05, 0) is 95.3 Å². The van der Waals surface area contributed by atoms with Gasteiger partial charge in [-0.25, -0.2) is 0 Å². The van der Waals surface area contributed by atoms with Crippen molar-refractivity contribution in [3.63, 3.8) is 0 Å². The second-order valence-corrected chi connectivity index (χ2v) is 37.9. The molecule has 7 atom stereocenters. The summed E-state index contributed by atoms with van der Waals surface area (Å²) in [5.41, 5.74) is 2.47. The van der Waals surface area contributed by atoms with E-state index in [2.05, 4.69) is 245 Å². The summed E-state index contributed by atoms with van der Waals surface area (Å²) in [6.07, 6.45) is 9.82. The van der Waals surface area contributed by atoms with Crippen molar-refractivity contribution in [2.45, 2.75) is 181 Å². The van der Waals surface area contributed by atoms with Crippen LogP contribution in [0.4, 0.5) is 0 Å². The molecular formula is C56H92O5Si3. The van der Waals surface area contributed by atoms with E-state index in [9.17, 15) is 5.11 Å². The lowest BCUT2D eigenvalue weighted by molar-refractivity contribution is 0.0314. The highest BCUT2D eigenvalue weighted by Crippen LogP contribution is 2.43. The molecule has 0 bridgehead atoms. The summed E-state index contributed by atoms with van der Waals surface area (Å²) in [5.74, 6) is 0.532. The maximum absolute atomic E-state index is 11.7. The van der Waals surface area contributed by atoms with Crippen LogP contribution in [0.5, 0.6) is 0 Å². The number of rotatable bonds is 23. The average molecular weight is 930 g/mol. The maximum Gasteiger partial charge on any atom is 0.192 e. The third-order valence-electron chi connectivity index (χ3n) is 15.0. The highest BCUT2D eigenvalue weighted by atomic mass is 28.4. The molecule has 0 fully saturated rings. The van der Waals surface area contributed by atoms with E-state index in [0.717, 1.165) is 29.7 Å². The first kappa shape index (κ1) is 55.9. The average Bonchev–Trinajstić information content (AvgIpc) is 3.21. The summed E-state index contributed by atoms with van der Waals surface area (Å²) in [6, 6.07) is 31.7. The fourth-order valence-electron chi connectivity index (χ4n) is 7.55. The van der Waals surface area contributed by atoms with Crippen molar-refractivity contribution >= 4 is 25.0 Å². The van der Waals surface area contributed by atoms with Gasteiger partial charge >= 0.3 is 0 Å². The van der Waals surface area contributed by atoms with Crippen LogP contribution >= 0.6 is 0 Å². The minimum absolute atomic E-state index is 0.0305. The van der Waals surface area contributed by atoms with Crippen molar-refractivity contribution < 1.29 is 23.1 Å². The highest BCUT2D eigenvalue weighted by Gasteiger charge is 2.43. The van der Waals surface area contributed by atoms with Gasteiger partial charge in [0.05, 0.1) is 24.9 Å². The Morgan fingerprint density at radius 3 is 1.38 bits per heavy atom. The van der Waals surface area contributed by atoms with E-state index in [0.29, 0.717) is 18.9 Å². The molecule has 3 aromatic rings. The fraction of sp³-hybridized carbons (Fsp3) is 0.607. The minimum Gasteiger partial charge on any atom is -0.417 e. The second-order valence-electron chi connectivity index (χ2n) is 23.6. The molecule has 0 saturated carbocycles. The van der Waals surface area contributed by atoms with Crippen LogP contribution in [-0.4, -0.2) is 61.6 Å². The monoisotopic (exact) mass is 929 g/mol. The van der Waals surface area contributed by atoms with E-state index in [1.165, 1.54) is 0 Å². The molecule has 0 aromatic heterocycles. The SMILES string of the molecule is C[C@@H](CO[Si](C)(C)C(C)(C)C)C[C@@H](C)[C@@H](O)[C@@H](C)C=C[C@H](C[C@H](O[Si](C)(C)C(C)(C)C)[C@@H](C)C=CCOC(c1ccccc1)(c1ccccc1)c1ccccc1)O[Si](C)(C)C(C)(C)C. The Hall–Kier alpha value is -2.41. The number of ether oxygens (including phenoxy) is 1. The standard InChI is InChI=1S/C56H92O5Si3/c1-43(42-59-62(14,15)53(5,6)7)40-46(4)52(57)45(3)37-38-50(60-63(16,17)54(8,9)10)41-51(61-64(18,19)55(11,12)13)44(2)30-29-39-58-56(47-31-23-20-24-32-47,48-33-25-21-26-34-48)49-35-27-22-28-36-49/h20-38,43-46,50-52,57H,39-42H2,1-19H3/t43-,44+,45+,46-,50-,51+,52+/m1/s1. The lowest BCUT2D eigenvalue weighted by atomic mass is 9.80. The summed E-state index contributed by atoms with van der Waals surface area (Å²) in [5, 5.41) is 12.0. The number of hydrogen-bond donors (Lipinski definition) is 1. The Morgan fingerprint density at radius 2 is 0.953 bits per heavy atom. The first-order valence-electron chi connectivity index (χ1n) is 24.3. The number of aliphatic hydroxyl groups is 1. The number of hydrogen-bond acceptors (Lipinski definition) is 5. The number of benzene rings is 3. The molecule has 64 heavy (non-hydrogen) atoms.